The predicted molar refractivity (Wildman–Crippen MR) is 75.6 cm³/mol. The van der Waals surface area contributed by atoms with E-state index >= 15 is 0 Å². The fraction of sp³-hybridized carbons (Fsp3) is 0.0667. The van der Waals surface area contributed by atoms with E-state index in [0.717, 1.165) is 22.4 Å². The van der Waals surface area contributed by atoms with E-state index < -0.39 is 0 Å². The lowest BCUT2D eigenvalue weighted by atomic mass is 10.1. The van der Waals surface area contributed by atoms with Gasteiger partial charge in [-0.15, -0.1) is 0 Å². The number of hydrogen-bond donors (Lipinski definition) is 3. The summed E-state index contributed by atoms with van der Waals surface area (Å²) in [5, 5.41) is 0. The fourth-order valence-electron chi connectivity index (χ4n) is 1.57. The largest absolute Gasteiger partial charge is 0.399 e. The molecule has 0 unspecified atom stereocenters. The van der Waals surface area contributed by atoms with Crippen LogP contribution in [0.4, 0.5) is 11.4 Å². The molecule has 0 aromatic heterocycles. The summed E-state index contributed by atoms with van der Waals surface area (Å²) in [5.74, 6) is 6.15. The minimum Gasteiger partial charge on any atom is -0.399 e. The van der Waals surface area contributed by atoms with Crippen molar-refractivity contribution in [2.45, 2.75) is 6.54 Å². The molecular formula is C15H15N3. The van der Waals surface area contributed by atoms with E-state index in [4.69, 9.17) is 17.2 Å². The van der Waals surface area contributed by atoms with Gasteiger partial charge >= 0.3 is 0 Å². The summed E-state index contributed by atoms with van der Waals surface area (Å²) in [5.41, 5.74) is 21.2. The maximum Gasteiger partial charge on any atom is 0.0360 e. The van der Waals surface area contributed by atoms with E-state index in [-0.39, 0.29) is 0 Å². The Balaban J connectivity index is 2.27. The number of nitrogen functional groups attached to an aromatic ring is 2. The zero-order chi connectivity index (χ0) is 13.0. The van der Waals surface area contributed by atoms with Gasteiger partial charge in [0.2, 0.25) is 0 Å². The number of hydrogen-bond acceptors (Lipinski definition) is 3. The SMILES string of the molecule is NCc1cc(C#Cc2ccc(N)cc2)ccc1N. The van der Waals surface area contributed by atoms with Gasteiger partial charge in [-0.05, 0) is 48.0 Å². The van der Waals surface area contributed by atoms with Crippen LogP contribution in [0.3, 0.4) is 0 Å². The second-order valence-electron chi connectivity index (χ2n) is 3.99. The van der Waals surface area contributed by atoms with E-state index in [1.807, 2.05) is 42.5 Å². The Labute approximate surface area is 107 Å². The van der Waals surface area contributed by atoms with Gasteiger partial charge in [-0.3, -0.25) is 0 Å². The van der Waals surface area contributed by atoms with Crippen molar-refractivity contribution in [2.75, 3.05) is 11.5 Å². The minimum atomic E-state index is 0.420. The van der Waals surface area contributed by atoms with E-state index in [1.165, 1.54) is 0 Å². The third-order valence-electron chi connectivity index (χ3n) is 2.62. The summed E-state index contributed by atoms with van der Waals surface area (Å²) in [4.78, 5) is 0. The van der Waals surface area contributed by atoms with Crippen molar-refractivity contribution in [2.24, 2.45) is 5.73 Å². The smallest absolute Gasteiger partial charge is 0.0360 e. The first-order valence-electron chi connectivity index (χ1n) is 5.65. The van der Waals surface area contributed by atoms with Crippen molar-refractivity contribution in [1.29, 1.82) is 0 Å². The first kappa shape index (κ1) is 12.0. The van der Waals surface area contributed by atoms with E-state index in [1.54, 1.807) is 0 Å². The lowest BCUT2D eigenvalue weighted by Gasteiger charge is -2.02. The van der Waals surface area contributed by atoms with E-state index in [2.05, 4.69) is 11.8 Å². The van der Waals surface area contributed by atoms with E-state index in [0.29, 0.717) is 12.2 Å². The van der Waals surface area contributed by atoms with Crippen molar-refractivity contribution in [3.63, 3.8) is 0 Å². The van der Waals surface area contributed by atoms with Crippen LogP contribution in [0.5, 0.6) is 0 Å². The van der Waals surface area contributed by atoms with Crippen LogP contribution >= 0.6 is 0 Å². The third kappa shape index (κ3) is 2.82. The molecule has 0 saturated carbocycles. The van der Waals surface area contributed by atoms with Crippen LogP contribution < -0.4 is 17.2 Å². The quantitative estimate of drug-likeness (QED) is 0.522. The van der Waals surface area contributed by atoms with Gasteiger partial charge in [0.25, 0.3) is 0 Å². The lowest BCUT2D eigenvalue weighted by Crippen LogP contribution is -2.01. The third-order valence-corrected chi connectivity index (χ3v) is 2.62. The number of nitrogens with two attached hydrogens (primary N) is 3. The van der Waals surface area contributed by atoms with E-state index in [9.17, 15) is 0 Å². The van der Waals surface area contributed by atoms with Gasteiger partial charge in [0.05, 0.1) is 0 Å². The molecule has 0 aliphatic rings. The standard InChI is InChI=1S/C15H15N3/c16-10-13-9-12(5-8-15(13)18)2-1-11-3-6-14(17)7-4-11/h3-9H,10,16-18H2. The summed E-state index contributed by atoms with van der Waals surface area (Å²) < 4.78 is 0. The summed E-state index contributed by atoms with van der Waals surface area (Å²) >= 11 is 0. The Morgan fingerprint density at radius 2 is 1.44 bits per heavy atom. The molecule has 0 bridgehead atoms. The van der Waals surface area contributed by atoms with Gasteiger partial charge in [0.1, 0.15) is 0 Å². The summed E-state index contributed by atoms with van der Waals surface area (Å²) in [6.07, 6.45) is 0. The van der Waals surface area contributed by atoms with Gasteiger partial charge in [0.15, 0.2) is 0 Å². The second-order valence-corrected chi connectivity index (χ2v) is 3.99. The number of anilines is 2. The Kier molecular flexibility index (Phi) is 3.52. The van der Waals surface area contributed by atoms with Crippen molar-refractivity contribution in [1.82, 2.24) is 0 Å². The molecular weight excluding hydrogens is 222 g/mol. The van der Waals surface area contributed by atoms with Crippen molar-refractivity contribution in [3.8, 4) is 11.8 Å². The molecule has 2 aromatic carbocycles. The second kappa shape index (κ2) is 5.26. The van der Waals surface area contributed by atoms with Crippen LogP contribution in [0.2, 0.25) is 0 Å². The van der Waals surface area contributed by atoms with Gasteiger partial charge in [-0.25, -0.2) is 0 Å². The molecule has 0 atom stereocenters. The van der Waals surface area contributed by atoms with Crippen LogP contribution in [0, 0.1) is 11.8 Å². The highest BCUT2D eigenvalue weighted by Crippen LogP contribution is 2.13. The average Bonchev–Trinajstić information content (AvgIpc) is 2.39. The molecule has 0 saturated heterocycles. The Hall–Kier alpha value is -2.44. The minimum absolute atomic E-state index is 0.420. The Bertz CT molecular complexity index is 604. The molecule has 0 amide bonds. The zero-order valence-electron chi connectivity index (χ0n) is 9.98. The topological polar surface area (TPSA) is 78.1 Å². The molecule has 0 aliphatic carbocycles. The van der Waals surface area contributed by atoms with Crippen LogP contribution in [-0.2, 0) is 6.54 Å². The monoisotopic (exact) mass is 237 g/mol. The fourth-order valence-corrected chi connectivity index (χ4v) is 1.57. The van der Waals surface area contributed by atoms with Crippen molar-refractivity contribution in [3.05, 3.63) is 59.2 Å². The maximum atomic E-state index is 5.78. The molecule has 0 aliphatic heterocycles. The number of benzene rings is 2. The molecule has 2 rings (SSSR count). The molecule has 90 valence electrons. The van der Waals surface area contributed by atoms with Gasteiger partial charge < -0.3 is 17.2 Å². The molecule has 3 heteroatoms. The normalized spacial score (nSPS) is 9.61. The number of rotatable bonds is 1. The summed E-state index contributed by atoms with van der Waals surface area (Å²) in [6, 6.07) is 13.1. The Morgan fingerprint density at radius 1 is 0.833 bits per heavy atom. The van der Waals surface area contributed by atoms with Crippen molar-refractivity contribution < 1.29 is 0 Å². The molecule has 18 heavy (non-hydrogen) atoms. The summed E-state index contributed by atoms with van der Waals surface area (Å²) in [6.45, 7) is 0.420. The molecule has 0 fully saturated rings. The maximum absolute atomic E-state index is 5.78. The molecule has 0 spiro atoms. The molecule has 6 N–H and O–H groups in total. The van der Waals surface area contributed by atoms with Gasteiger partial charge in [-0.2, -0.15) is 0 Å². The van der Waals surface area contributed by atoms with Crippen molar-refractivity contribution >= 4 is 11.4 Å². The Morgan fingerprint density at radius 3 is 2.11 bits per heavy atom. The zero-order valence-corrected chi connectivity index (χ0v) is 9.98. The molecule has 0 radical (unpaired) electrons. The average molecular weight is 237 g/mol. The first-order chi connectivity index (χ1) is 8.69. The van der Waals surface area contributed by atoms with Gasteiger partial charge in [-0.1, -0.05) is 11.8 Å². The van der Waals surface area contributed by atoms with Gasteiger partial charge in [0, 0.05) is 29.0 Å². The lowest BCUT2D eigenvalue weighted by molar-refractivity contribution is 1.07. The highest BCUT2D eigenvalue weighted by atomic mass is 14.6. The molecule has 0 heterocycles. The van der Waals surface area contributed by atoms with Crippen LogP contribution in [0.1, 0.15) is 16.7 Å². The summed E-state index contributed by atoms with van der Waals surface area (Å²) in [7, 11) is 0. The predicted octanol–water partition coefficient (Wildman–Crippen LogP) is 1.71. The first-order valence-corrected chi connectivity index (χ1v) is 5.65. The highest BCUT2D eigenvalue weighted by molar-refractivity contribution is 5.54. The van der Waals surface area contributed by atoms with Crippen LogP contribution in [-0.4, -0.2) is 0 Å². The van der Waals surface area contributed by atoms with Crippen LogP contribution in [0.25, 0.3) is 0 Å². The molecule has 2 aromatic rings. The highest BCUT2D eigenvalue weighted by Gasteiger charge is 1.97. The van der Waals surface area contributed by atoms with Crippen LogP contribution in [0.15, 0.2) is 42.5 Å². The molecule has 3 nitrogen and oxygen atoms in total.